The average molecular weight is 408 g/mol. The van der Waals surface area contributed by atoms with E-state index in [4.69, 9.17) is 21.1 Å². The normalized spacial score (nSPS) is 11.0. The van der Waals surface area contributed by atoms with E-state index in [0.717, 1.165) is 16.9 Å². The fraction of sp³-hybridized carbons (Fsp3) is 0.167. The number of benzene rings is 3. The minimum Gasteiger partial charge on any atom is -0.489 e. The van der Waals surface area contributed by atoms with Crippen LogP contribution in [-0.2, 0) is 11.3 Å². The molecule has 4 nitrogen and oxygen atoms in total. The molecule has 0 N–H and O–H groups in total. The molecule has 3 rings (SSSR count). The molecule has 3 aromatic carbocycles. The van der Waals surface area contributed by atoms with Crippen molar-refractivity contribution < 1.29 is 14.3 Å². The maximum atomic E-state index is 12.1. The van der Waals surface area contributed by atoms with Crippen LogP contribution in [0.4, 0.5) is 5.69 Å². The first-order chi connectivity index (χ1) is 14.0. The zero-order chi connectivity index (χ0) is 20.6. The second kappa shape index (κ2) is 9.89. The summed E-state index contributed by atoms with van der Waals surface area (Å²) in [6, 6.07) is 22.7. The Bertz CT molecular complexity index is 983. The Morgan fingerprint density at radius 3 is 2.45 bits per heavy atom. The number of nitrogens with zero attached hydrogens (tertiary/aromatic N) is 1. The Balaban J connectivity index is 1.64. The first-order valence-electron chi connectivity index (χ1n) is 9.32. The number of halogens is 1. The minimum atomic E-state index is -0.457. The zero-order valence-electron chi connectivity index (χ0n) is 16.3. The van der Waals surface area contributed by atoms with Gasteiger partial charge in [0, 0.05) is 6.21 Å². The Labute approximate surface area is 175 Å². The van der Waals surface area contributed by atoms with E-state index in [1.807, 2.05) is 54.6 Å². The third kappa shape index (κ3) is 6.19. The van der Waals surface area contributed by atoms with Gasteiger partial charge in [-0.15, -0.1) is 0 Å². The third-order valence-electron chi connectivity index (χ3n) is 4.00. The first kappa shape index (κ1) is 20.6. The van der Waals surface area contributed by atoms with Crippen LogP contribution in [0.25, 0.3) is 0 Å². The predicted molar refractivity (Wildman–Crippen MR) is 116 cm³/mol. The summed E-state index contributed by atoms with van der Waals surface area (Å²) in [6.07, 6.45) is 1.51. The van der Waals surface area contributed by atoms with Crippen molar-refractivity contribution in [2.75, 3.05) is 0 Å². The number of hydrogen-bond donors (Lipinski definition) is 0. The van der Waals surface area contributed by atoms with Gasteiger partial charge in [0.1, 0.15) is 12.4 Å². The van der Waals surface area contributed by atoms with E-state index in [9.17, 15) is 4.79 Å². The summed E-state index contributed by atoms with van der Waals surface area (Å²) < 4.78 is 11.0. The lowest BCUT2D eigenvalue weighted by Crippen LogP contribution is -2.11. The van der Waals surface area contributed by atoms with Gasteiger partial charge in [-0.3, -0.25) is 4.99 Å². The van der Waals surface area contributed by atoms with Crippen molar-refractivity contribution in [1.29, 1.82) is 0 Å². The molecule has 0 amide bonds. The van der Waals surface area contributed by atoms with Gasteiger partial charge in [-0.2, -0.15) is 0 Å². The summed E-state index contributed by atoms with van der Waals surface area (Å²) in [5.41, 5.74) is 2.96. The lowest BCUT2D eigenvalue weighted by Gasteiger charge is -2.09. The van der Waals surface area contributed by atoms with Crippen molar-refractivity contribution in [2.45, 2.75) is 26.6 Å². The Morgan fingerprint density at radius 1 is 1.03 bits per heavy atom. The van der Waals surface area contributed by atoms with Crippen LogP contribution in [0.2, 0.25) is 5.02 Å². The fourth-order valence-electron chi connectivity index (χ4n) is 2.57. The van der Waals surface area contributed by atoms with Crippen molar-refractivity contribution in [1.82, 2.24) is 0 Å². The number of hydrogen-bond acceptors (Lipinski definition) is 4. The highest BCUT2D eigenvalue weighted by atomic mass is 35.5. The predicted octanol–water partition coefficient (Wildman–Crippen LogP) is 6.23. The van der Waals surface area contributed by atoms with E-state index in [-0.39, 0.29) is 6.10 Å². The number of carbonyl (C=O) groups excluding carboxylic acids is 1. The maximum absolute atomic E-state index is 12.1. The van der Waals surface area contributed by atoms with Crippen molar-refractivity contribution in [2.24, 2.45) is 4.99 Å². The highest BCUT2D eigenvalue weighted by Crippen LogP contribution is 2.24. The standard InChI is InChI=1S/C24H22ClNO3/c1-17(2)29-24(27)22-14-20(10-13-23(22)25)26-15-18-8-11-21(12-9-18)28-16-19-6-4-3-5-7-19/h3-15,17H,16H2,1-2H3. The second-order valence-corrected chi connectivity index (χ2v) is 7.13. The van der Waals surface area contributed by atoms with Crippen molar-refractivity contribution >= 4 is 29.5 Å². The van der Waals surface area contributed by atoms with E-state index in [0.29, 0.717) is 22.9 Å². The number of ether oxygens (including phenoxy) is 2. The van der Waals surface area contributed by atoms with Crippen LogP contribution in [0.5, 0.6) is 5.75 Å². The lowest BCUT2D eigenvalue weighted by atomic mass is 10.2. The SMILES string of the molecule is CC(C)OC(=O)c1cc(N=Cc2ccc(OCc3ccccc3)cc2)ccc1Cl. The molecule has 0 fully saturated rings. The summed E-state index contributed by atoms with van der Waals surface area (Å²) >= 11 is 6.12. The number of rotatable bonds is 7. The van der Waals surface area contributed by atoms with E-state index in [2.05, 4.69) is 4.99 Å². The molecule has 0 saturated heterocycles. The molecule has 0 aromatic heterocycles. The smallest absolute Gasteiger partial charge is 0.339 e. The van der Waals surface area contributed by atoms with Crippen LogP contribution in [0, 0.1) is 0 Å². The van der Waals surface area contributed by atoms with Gasteiger partial charge in [0.2, 0.25) is 0 Å². The number of esters is 1. The molecule has 0 saturated carbocycles. The Kier molecular flexibility index (Phi) is 7.04. The minimum absolute atomic E-state index is 0.214. The van der Waals surface area contributed by atoms with E-state index in [1.165, 1.54) is 0 Å². The molecule has 0 spiro atoms. The fourth-order valence-corrected chi connectivity index (χ4v) is 2.76. The molecule has 0 atom stereocenters. The second-order valence-electron chi connectivity index (χ2n) is 6.72. The topological polar surface area (TPSA) is 47.9 Å². The molecular weight excluding hydrogens is 386 g/mol. The van der Waals surface area contributed by atoms with Gasteiger partial charge in [0.15, 0.2) is 0 Å². The number of aliphatic imine (C=N–C) groups is 1. The molecule has 0 heterocycles. The summed E-state index contributed by atoms with van der Waals surface area (Å²) in [5.74, 6) is 0.332. The molecule has 0 aliphatic rings. The van der Waals surface area contributed by atoms with Crippen LogP contribution in [0.1, 0.15) is 35.3 Å². The van der Waals surface area contributed by atoms with Gasteiger partial charge in [-0.25, -0.2) is 4.79 Å². The van der Waals surface area contributed by atoms with Crippen molar-refractivity contribution in [3.8, 4) is 5.75 Å². The molecule has 0 radical (unpaired) electrons. The van der Waals surface area contributed by atoms with E-state index >= 15 is 0 Å². The Hall–Kier alpha value is -3.11. The molecule has 148 valence electrons. The van der Waals surface area contributed by atoms with Gasteiger partial charge in [-0.1, -0.05) is 41.9 Å². The zero-order valence-corrected chi connectivity index (χ0v) is 17.1. The monoisotopic (exact) mass is 407 g/mol. The largest absolute Gasteiger partial charge is 0.489 e. The molecule has 5 heteroatoms. The molecule has 0 aliphatic heterocycles. The third-order valence-corrected chi connectivity index (χ3v) is 4.33. The lowest BCUT2D eigenvalue weighted by molar-refractivity contribution is 0.0378. The van der Waals surface area contributed by atoms with Crippen LogP contribution >= 0.6 is 11.6 Å². The highest BCUT2D eigenvalue weighted by molar-refractivity contribution is 6.33. The van der Waals surface area contributed by atoms with Gasteiger partial charge >= 0.3 is 5.97 Å². The summed E-state index contributed by atoms with van der Waals surface area (Å²) in [5, 5.41) is 0.342. The van der Waals surface area contributed by atoms with Crippen LogP contribution in [-0.4, -0.2) is 18.3 Å². The van der Waals surface area contributed by atoms with Gasteiger partial charge in [0.05, 0.1) is 22.4 Å². The molecule has 0 bridgehead atoms. The van der Waals surface area contributed by atoms with Crippen molar-refractivity contribution in [3.05, 3.63) is 94.5 Å². The molecular formula is C24H22ClNO3. The highest BCUT2D eigenvalue weighted by Gasteiger charge is 2.14. The van der Waals surface area contributed by atoms with Crippen molar-refractivity contribution in [3.63, 3.8) is 0 Å². The molecule has 3 aromatic rings. The Morgan fingerprint density at radius 2 is 1.76 bits per heavy atom. The summed E-state index contributed by atoms with van der Waals surface area (Å²) in [6.45, 7) is 4.11. The summed E-state index contributed by atoms with van der Waals surface area (Å²) in [7, 11) is 0. The maximum Gasteiger partial charge on any atom is 0.339 e. The van der Waals surface area contributed by atoms with E-state index < -0.39 is 5.97 Å². The molecule has 0 unspecified atom stereocenters. The van der Waals surface area contributed by atoms with Crippen LogP contribution < -0.4 is 4.74 Å². The number of carbonyl (C=O) groups is 1. The van der Waals surface area contributed by atoms with Crippen LogP contribution in [0.15, 0.2) is 77.8 Å². The molecule has 29 heavy (non-hydrogen) atoms. The van der Waals surface area contributed by atoms with Gasteiger partial charge in [0.25, 0.3) is 0 Å². The quantitative estimate of drug-likeness (QED) is 0.344. The van der Waals surface area contributed by atoms with Gasteiger partial charge in [-0.05, 0) is 67.4 Å². The van der Waals surface area contributed by atoms with Crippen LogP contribution in [0.3, 0.4) is 0 Å². The molecule has 0 aliphatic carbocycles. The van der Waals surface area contributed by atoms with Gasteiger partial charge < -0.3 is 9.47 Å². The average Bonchev–Trinajstić information content (AvgIpc) is 2.72. The first-order valence-corrected chi connectivity index (χ1v) is 9.70. The summed E-state index contributed by atoms with van der Waals surface area (Å²) in [4.78, 5) is 16.6. The van der Waals surface area contributed by atoms with E-state index in [1.54, 1.807) is 38.3 Å².